The van der Waals surface area contributed by atoms with E-state index in [-0.39, 0.29) is 12.6 Å². The maximum atomic E-state index is 12.0. The molecule has 1 aliphatic heterocycles. The summed E-state index contributed by atoms with van der Waals surface area (Å²) in [5.41, 5.74) is 2.14. The molecule has 0 fully saturated rings. The third-order valence-corrected chi connectivity index (χ3v) is 3.62. The van der Waals surface area contributed by atoms with E-state index < -0.39 is 5.97 Å². The van der Waals surface area contributed by atoms with Crippen LogP contribution < -0.4 is 15.4 Å². The summed E-state index contributed by atoms with van der Waals surface area (Å²) in [5.74, 6) is 0.400. The molecule has 1 aliphatic rings. The fourth-order valence-corrected chi connectivity index (χ4v) is 2.45. The van der Waals surface area contributed by atoms with Gasteiger partial charge in [0.1, 0.15) is 5.75 Å². The Bertz CT molecular complexity index is 625. The molecule has 130 valence electrons. The molecule has 0 bridgehead atoms. The average Bonchev–Trinajstić information content (AvgIpc) is 2.55. The van der Waals surface area contributed by atoms with E-state index in [4.69, 9.17) is 9.47 Å². The summed E-state index contributed by atoms with van der Waals surface area (Å²) in [4.78, 5) is 25.6. The van der Waals surface area contributed by atoms with Crippen LogP contribution in [0.25, 0.3) is 0 Å². The van der Waals surface area contributed by atoms with E-state index in [1.807, 2.05) is 36.2 Å². The summed E-state index contributed by atoms with van der Waals surface area (Å²) >= 11 is 0. The summed E-state index contributed by atoms with van der Waals surface area (Å²) in [6.07, 6.45) is 0. The molecule has 0 aromatic heterocycles. The van der Waals surface area contributed by atoms with Crippen molar-refractivity contribution in [2.75, 3.05) is 33.9 Å². The zero-order valence-electron chi connectivity index (χ0n) is 14.2. The molecule has 0 unspecified atom stereocenters. The molecule has 2 N–H and O–H groups in total. The summed E-state index contributed by atoms with van der Waals surface area (Å²) in [5, 5.41) is 5.30. The first-order valence-electron chi connectivity index (χ1n) is 7.79. The van der Waals surface area contributed by atoms with E-state index in [1.165, 1.54) is 0 Å². The van der Waals surface area contributed by atoms with Crippen LogP contribution in [-0.4, -0.2) is 50.8 Å². The molecule has 24 heavy (non-hydrogen) atoms. The SMILES string of the molecule is CCOC(=O)C1=C(CN(C)Cc2ccc(OC)cc2)NC(=O)NC1. The Morgan fingerprint density at radius 2 is 1.96 bits per heavy atom. The molecule has 2 rings (SSSR count). The lowest BCUT2D eigenvalue weighted by atomic mass is 10.1. The van der Waals surface area contributed by atoms with Crippen LogP contribution in [0, 0.1) is 0 Å². The Morgan fingerprint density at radius 1 is 1.25 bits per heavy atom. The number of nitrogens with one attached hydrogen (secondary N) is 2. The van der Waals surface area contributed by atoms with Gasteiger partial charge in [-0.25, -0.2) is 9.59 Å². The van der Waals surface area contributed by atoms with Crippen LogP contribution in [-0.2, 0) is 16.1 Å². The molecule has 0 aliphatic carbocycles. The van der Waals surface area contributed by atoms with Crippen molar-refractivity contribution in [2.45, 2.75) is 13.5 Å². The Hall–Kier alpha value is -2.54. The van der Waals surface area contributed by atoms with E-state index in [9.17, 15) is 9.59 Å². The third-order valence-electron chi connectivity index (χ3n) is 3.62. The molecular formula is C17H23N3O4. The second kappa shape index (κ2) is 8.35. The average molecular weight is 333 g/mol. The van der Waals surface area contributed by atoms with Crippen molar-refractivity contribution in [1.82, 2.24) is 15.5 Å². The molecule has 1 aromatic rings. The second-order valence-electron chi connectivity index (χ2n) is 5.51. The number of carbonyl (C=O) groups is 2. The number of ether oxygens (including phenoxy) is 2. The van der Waals surface area contributed by atoms with Crippen LogP contribution in [0.3, 0.4) is 0 Å². The topological polar surface area (TPSA) is 79.9 Å². The largest absolute Gasteiger partial charge is 0.497 e. The number of benzene rings is 1. The van der Waals surface area contributed by atoms with Gasteiger partial charge >= 0.3 is 12.0 Å². The van der Waals surface area contributed by atoms with Crippen molar-refractivity contribution in [3.8, 4) is 5.75 Å². The van der Waals surface area contributed by atoms with Gasteiger partial charge in [-0.15, -0.1) is 0 Å². The van der Waals surface area contributed by atoms with Crippen LogP contribution in [0.15, 0.2) is 35.5 Å². The second-order valence-corrected chi connectivity index (χ2v) is 5.51. The number of esters is 1. The number of rotatable bonds is 7. The molecule has 0 spiro atoms. The first kappa shape index (κ1) is 17.8. The molecule has 0 saturated heterocycles. The monoisotopic (exact) mass is 333 g/mol. The van der Waals surface area contributed by atoms with E-state index >= 15 is 0 Å². The van der Waals surface area contributed by atoms with Gasteiger partial charge < -0.3 is 20.1 Å². The van der Waals surface area contributed by atoms with Gasteiger partial charge in [-0.1, -0.05) is 12.1 Å². The fraction of sp³-hybridized carbons (Fsp3) is 0.412. The first-order chi connectivity index (χ1) is 11.5. The van der Waals surface area contributed by atoms with Gasteiger partial charge in [0.15, 0.2) is 0 Å². The van der Waals surface area contributed by atoms with Crippen molar-refractivity contribution in [3.63, 3.8) is 0 Å². The van der Waals surface area contributed by atoms with Crippen molar-refractivity contribution in [1.29, 1.82) is 0 Å². The Morgan fingerprint density at radius 3 is 2.58 bits per heavy atom. The van der Waals surface area contributed by atoms with Gasteiger partial charge in [0.05, 0.1) is 25.8 Å². The molecule has 7 heteroatoms. The molecule has 1 heterocycles. The van der Waals surface area contributed by atoms with Crippen LogP contribution >= 0.6 is 0 Å². The fourth-order valence-electron chi connectivity index (χ4n) is 2.45. The summed E-state index contributed by atoms with van der Waals surface area (Å²) < 4.78 is 10.2. The van der Waals surface area contributed by atoms with E-state index in [2.05, 4.69) is 10.6 Å². The standard InChI is InChI=1S/C17H23N3O4/c1-4-24-16(21)14-9-18-17(22)19-15(14)11-20(2)10-12-5-7-13(23-3)8-6-12/h5-8H,4,9-11H2,1-3H3,(H2,18,19,22). The van der Waals surface area contributed by atoms with E-state index in [0.717, 1.165) is 11.3 Å². The number of amides is 2. The lowest BCUT2D eigenvalue weighted by Gasteiger charge is -2.25. The smallest absolute Gasteiger partial charge is 0.337 e. The Balaban J connectivity index is 2.06. The van der Waals surface area contributed by atoms with Crippen LogP contribution in [0.5, 0.6) is 5.75 Å². The van der Waals surface area contributed by atoms with Crippen molar-refractivity contribution in [2.24, 2.45) is 0 Å². The predicted octanol–water partition coefficient (Wildman–Crippen LogP) is 1.26. The zero-order chi connectivity index (χ0) is 17.5. The number of urea groups is 1. The van der Waals surface area contributed by atoms with Crippen molar-refractivity contribution < 1.29 is 19.1 Å². The number of carbonyl (C=O) groups excluding carboxylic acids is 2. The number of nitrogens with zero attached hydrogens (tertiary/aromatic N) is 1. The van der Waals surface area contributed by atoms with Gasteiger partial charge in [0.25, 0.3) is 0 Å². The van der Waals surface area contributed by atoms with Crippen molar-refractivity contribution in [3.05, 3.63) is 41.1 Å². The van der Waals surface area contributed by atoms with Gasteiger partial charge in [-0.3, -0.25) is 4.90 Å². The first-order valence-corrected chi connectivity index (χ1v) is 7.79. The molecule has 0 saturated carbocycles. The van der Waals surface area contributed by atoms with Crippen LogP contribution in [0.1, 0.15) is 12.5 Å². The highest BCUT2D eigenvalue weighted by molar-refractivity contribution is 5.93. The molecule has 1 aromatic carbocycles. The normalized spacial score (nSPS) is 14.2. The van der Waals surface area contributed by atoms with Crippen LogP contribution in [0.2, 0.25) is 0 Å². The van der Waals surface area contributed by atoms with E-state index in [1.54, 1.807) is 14.0 Å². The van der Waals surface area contributed by atoms with Gasteiger partial charge in [-0.2, -0.15) is 0 Å². The van der Waals surface area contributed by atoms with Gasteiger partial charge in [-0.05, 0) is 31.7 Å². The number of hydrogen-bond acceptors (Lipinski definition) is 5. The highest BCUT2D eigenvalue weighted by Crippen LogP contribution is 2.14. The lowest BCUT2D eigenvalue weighted by Crippen LogP contribution is -2.46. The third kappa shape index (κ3) is 4.73. The molecular weight excluding hydrogens is 310 g/mol. The molecule has 2 amide bonds. The molecule has 0 atom stereocenters. The van der Waals surface area contributed by atoms with Gasteiger partial charge in [0, 0.05) is 18.8 Å². The van der Waals surface area contributed by atoms with Crippen LogP contribution in [0.4, 0.5) is 4.79 Å². The highest BCUT2D eigenvalue weighted by atomic mass is 16.5. The molecule has 7 nitrogen and oxygen atoms in total. The lowest BCUT2D eigenvalue weighted by molar-refractivity contribution is -0.138. The predicted molar refractivity (Wildman–Crippen MR) is 89.5 cm³/mol. The van der Waals surface area contributed by atoms with Crippen molar-refractivity contribution >= 4 is 12.0 Å². The number of methoxy groups -OCH3 is 1. The summed E-state index contributed by atoms with van der Waals surface area (Å²) in [6, 6.07) is 7.46. The number of likely N-dealkylation sites (N-methyl/N-ethyl adjacent to an activating group) is 1. The Labute approximate surface area is 141 Å². The zero-order valence-corrected chi connectivity index (χ0v) is 14.2. The molecule has 0 radical (unpaired) electrons. The van der Waals surface area contributed by atoms with Gasteiger partial charge in [0.2, 0.25) is 0 Å². The minimum absolute atomic E-state index is 0.177. The van der Waals surface area contributed by atoms with E-state index in [0.29, 0.717) is 31.0 Å². The number of hydrogen-bond donors (Lipinski definition) is 2. The minimum Gasteiger partial charge on any atom is -0.497 e. The quantitative estimate of drug-likeness (QED) is 0.734. The maximum absolute atomic E-state index is 12.0. The maximum Gasteiger partial charge on any atom is 0.337 e. The minimum atomic E-state index is -0.405. The summed E-state index contributed by atoms with van der Waals surface area (Å²) in [7, 11) is 3.55. The highest BCUT2D eigenvalue weighted by Gasteiger charge is 2.24. The Kier molecular flexibility index (Phi) is 6.20. The summed E-state index contributed by atoms with van der Waals surface area (Å²) in [6.45, 7) is 3.34.